The van der Waals surface area contributed by atoms with Crippen molar-refractivity contribution in [2.75, 3.05) is 38.8 Å². The van der Waals surface area contributed by atoms with E-state index in [0.717, 1.165) is 62.7 Å². The highest BCUT2D eigenvalue weighted by molar-refractivity contribution is 7.99. The molecule has 0 spiro atoms. The number of hydrogen-bond acceptors (Lipinski definition) is 13. The number of allylic oxidation sites excluding steroid dienone is 1. The van der Waals surface area contributed by atoms with E-state index < -0.39 is 42.3 Å². The number of aliphatic hydroxyl groups excluding tert-OH is 1. The van der Waals surface area contributed by atoms with Crippen molar-refractivity contribution in [2.24, 2.45) is 0 Å². The number of amides is 1. The van der Waals surface area contributed by atoms with E-state index in [1.807, 2.05) is 26.0 Å². The number of hydrogen-bond donors (Lipinski definition) is 3. The van der Waals surface area contributed by atoms with E-state index in [2.05, 4.69) is 56.4 Å². The summed E-state index contributed by atoms with van der Waals surface area (Å²) in [6.07, 6.45) is 1.82. The van der Waals surface area contributed by atoms with Crippen LogP contribution in [0.3, 0.4) is 0 Å². The molecule has 3 aliphatic rings. The fourth-order valence-electron chi connectivity index (χ4n) is 8.31. The normalized spacial score (nSPS) is 19.0. The van der Waals surface area contributed by atoms with E-state index in [1.54, 1.807) is 11.9 Å². The SMILES string of the molecule is C=Cc1c(C)c2cc3nc(c(CC(=O)N(C)CCCSCC4OC(COC(C)=O)C(O)C4OC(C)=O)c4nc(cc5[nH]c(cc1[nH]2)c(C)c5CC)C(C)=C4C(=O)OC)CC3C.CCC=O. The van der Waals surface area contributed by atoms with Gasteiger partial charge in [-0.1, -0.05) is 33.4 Å². The van der Waals surface area contributed by atoms with Crippen LogP contribution in [0.2, 0.25) is 0 Å². The molecule has 3 aliphatic heterocycles. The molecule has 5 atom stereocenters. The molecule has 3 aromatic heterocycles. The number of thioether (sulfide) groups is 1. The minimum absolute atomic E-state index is 0.0127. The number of carbonyl (C=O) groups is 5. The third-order valence-electron chi connectivity index (χ3n) is 11.9. The summed E-state index contributed by atoms with van der Waals surface area (Å²) in [6.45, 7) is 19.0. The number of methoxy groups -OCH3 is 1. The van der Waals surface area contributed by atoms with Crippen molar-refractivity contribution in [3.8, 4) is 0 Å². The van der Waals surface area contributed by atoms with Crippen LogP contribution in [0.5, 0.6) is 0 Å². The van der Waals surface area contributed by atoms with Crippen molar-refractivity contribution in [3.63, 3.8) is 0 Å². The summed E-state index contributed by atoms with van der Waals surface area (Å²) in [5, 5.41) is 10.7. The van der Waals surface area contributed by atoms with Gasteiger partial charge in [-0.05, 0) is 86.2 Å². The summed E-state index contributed by atoms with van der Waals surface area (Å²) in [4.78, 5) is 79.3. The zero-order valence-corrected chi connectivity index (χ0v) is 40.0. The number of fused-ring (bicyclic) bond motifs is 8. The lowest BCUT2D eigenvalue weighted by Crippen LogP contribution is -2.38. The highest BCUT2D eigenvalue weighted by Crippen LogP contribution is 2.37. The van der Waals surface area contributed by atoms with Crippen LogP contribution in [-0.4, -0.2) is 123 Å². The second-order valence-electron chi connectivity index (χ2n) is 16.5. The Hall–Kier alpha value is -5.58. The van der Waals surface area contributed by atoms with Crippen molar-refractivity contribution in [1.82, 2.24) is 24.8 Å². The first-order valence-electron chi connectivity index (χ1n) is 22.0. The Kier molecular flexibility index (Phi) is 17.5. The summed E-state index contributed by atoms with van der Waals surface area (Å²) in [7, 11) is 3.10. The topological polar surface area (TPSA) is 203 Å². The summed E-state index contributed by atoms with van der Waals surface area (Å²) < 4.78 is 21.7. The maximum atomic E-state index is 14.2. The van der Waals surface area contributed by atoms with Gasteiger partial charge in [-0.2, -0.15) is 11.8 Å². The molecule has 65 heavy (non-hydrogen) atoms. The number of carbonyl (C=O) groups excluding carboxylic acids is 5. The average Bonchev–Trinajstić information content (AvgIpc) is 4.04. The summed E-state index contributed by atoms with van der Waals surface area (Å²) in [6, 6.07) is 6.15. The number of esters is 3. The number of rotatable bonds is 15. The largest absolute Gasteiger partial charge is 0.465 e. The zero-order valence-electron chi connectivity index (χ0n) is 39.2. The molecule has 3 N–H and O–H groups in total. The van der Waals surface area contributed by atoms with Gasteiger partial charge in [-0.15, -0.1) is 0 Å². The summed E-state index contributed by atoms with van der Waals surface area (Å²) in [5.74, 6) is -0.692. The highest BCUT2D eigenvalue weighted by atomic mass is 32.2. The Bertz CT molecular complexity index is 2510. The summed E-state index contributed by atoms with van der Waals surface area (Å²) >= 11 is 1.54. The smallest absolute Gasteiger partial charge is 0.340 e. The number of likely N-dealkylation sites (N-methyl/N-ethyl adjacent to an activating group) is 1. The molecule has 6 rings (SSSR count). The van der Waals surface area contributed by atoms with E-state index in [9.17, 15) is 29.1 Å². The fraction of sp³-hybridized carbons (Fsp3) is 0.490. The van der Waals surface area contributed by atoms with Crippen LogP contribution >= 0.6 is 11.8 Å². The molecular formula is C49H63N5O10S. The predicted octanol–water partition coefficient (Wildman–Crippen LogP) is 6.93. The molecule has 16 heteroatoms. The number of nitrogens with one attached hydrogen (secondary N) is 2. The molecule has 15 nitrogen and oxygen atoms in total. The fourth-order valence-corrected chi connectivity index (χ4v) is 9.31. The second-order valence-corrected chi connectivity index (χ2v) is 17.7. The van der Waals surface area contributed by atoms with Crippen molar-refractivity contribution >= 4 is 81.2 Å². The number of H-pyrrole nitrogens is 2. The van der Waals surface area contributed by atoms with Crippen molar-refractivity contribution in [2.45, 2.75) is 118 Å². The molecule has 6 heterocycles. The first-order valence-corrected chi connectivity index (χ1v) is 23.2. The van der Waals surface area contributed by atoms with Crippen LogP contribution in [-0.2, 0) is 62.2 Å². The van der Waals surface area contributed by atoms with E-state index in [1.165, 1.54) is 32.7 Å². The van der Waals surface area contributed by atoms with Crippen LogP contribution in [0.25, 0.3) is 39.3 Å². The maximum absolute atomic E-state index is 14.2. The minimum Gasteiger partial charge on any atom is -0.465 e. The van der Waals surface area contributed by atoms with Crippen molar-refractivity contribution in [3.05, 3.63) is 75.4 Å². The number of aldehydes is 1. The van der Waals surface area contributed by atoms with Gasteiger partial charge in [0.2, 0.25) is 5.91 Å². The average molecular weight is 914 g/mol. The van der Waals surface area contributed by atoms with Crippen LogP contribution in [0, 0.1) is 13.8 Å². The van der Waals surface area contributed by atoms with Gasteiger partial charge in [0.05, 0.1) is 30.5 Å². The van der Waals surface area contributed by atoms with E-state index in [0.29, 0.717) is 71.1 Å². The highest BCUT2D eigenvalue weighted by Gasteiger charge is 2.46. The maximum Gasteiger partial charge on any atom is 0.340 e. The lowest BCUT2D eigenvalue weighted by molar-refractivity contribution is -0.152. The standard InChI is InChI=1S/C46H57N5O9S.C3H6O/c1-11-29-24(4)33-18-32-23(3)16-36(47-32)31(17-41(54)51(9)14-13-15-61-22-40-45(59-28(8)53)44(55)39(60-40)21-58-27(7)52)43-42(46(56)57-10)26(6)35(50-43)20-38-30(12-2)25(5)34(49-38)19-37(29)48-33;1-2-3-4/h11,18-20,23,39-40,44-45,48-49,55H,1,12-17,21-22H2,2-10H3;3H,2H2,1H3. The summed E-state index contributed by atoms with van der Waals surface area (Å²) in [5.41, 5.74) is 12.0. The molecule has 0 aliphatic carbocycles. The lowest BCUT2D eigenvalue weighted by Gasteiger charge is -2.20. The van der Waals surface area contributed by atoms with E-state index >= 15 is 0 Å². The number of aromatic amines is 2. The van der Waals surface area contributed by atoms with Crippen molar-refractivity contribution in [1.29, 1.82) is 0 Å². The van der Waals surface area contributed by atoms with Gasteiger partial charge in [-0.3, -0.25) is 19.4 Å². The predicted molar refractivity (Wildman–Crippen MR) is 253 cm³/mol. The van der Waals surface area contributed by atoms with Gasteiger partial charge >= 0.3 is 17.9 Å². The van der Waals surface area contributed by atoms with E-state index in [-0.39, 0.29) is 24.9 Å². The zero-order chi connectivity index (χ0) is 47.7. The Morgan fingerprint density at radius 1 is 0.985 bits per heavy atom. The van der Waals surface area contributed by atoms with Crippen LogP contribution in [0.1, 0.15) is 111 Å². The van der Waals surface area contributed by atoms with Crippen molar-refractivity contribution < 1.29 is 48.0 Å². The molecule has 350 valence electrons. The molecule has 5 unspecified atom stereocenters. The van der Waals surface area contributed by atoms with Gasteiger partial charge in [0.1, 0.15) is 31.2 Å². The van der Waals surface area contributed by atoms with Crippen LogP contribution in [0.15, 0.2) is 24.8 Å². The Balaban J connectivity index is 0.00000190. The third-order valence-corrected chi connectivity index (χ3v) is 13.1. The van der Waals surface area contributed by atoms with Gasteiger partial charge < -0.3 is 43.7 Å². The molecule has 1 fully saturated rings. The molecular weight excluding hydrogens is 851 g/mol. The first-order chi connectivity index (χ1) is 31.0. The minimum atomic E-state index is -1.14. The Morgan fingerprint density at radius 2 is 1.68 bits per heavy atom. The number of aliphatic hydroxyl groups is 1. The molecule has 0 saturated carbocycles. The molecule has 3 aromatic rings. The molecule has 0 aromatic carbocycles. The molecule has 0 radical (unpaired) electrons. The van der Waals surface area contributed by atoms with Gasteiger partial charge in [0, 0.05) is 90.1 Å². The molecule has 8 bridgehead atoms. The molecule has 1 amide bonds. The Morgan fingerprint density at radius 3 is 2.31 bits per heavy atom. The number of nitrogens with zero attached hydrogens (tertiary/aromatic N) is 3. The van der Waals surface area contributed by atoms with Gasteiger partial charge in [0.25, 0.3) is 0 Å². The first kappa shape index (κ1) is 50.4. The number of ether oxygens (including phenoxy) is 4. The van der Waals surface area contributed by atoms with Crippen LogP contribution in [0.4, 0.5) is 0 Å². The quantitative estimate of drug-likeness (QED) is 0.0614. The van der Waals surface area contributed by atoms with Gasteiger partial charge in [-0.25, -0.2) is 9.78 Å². The third kappa shape index (κ3) is 11.6. The lowest BCUT2D eigenvalue weighted by atomic mass is 9.96. The van der Waals surface area contributed by atoms with E-state index in [4.69, 9.17) is 28.9 Å². The second kappa shape index (κ2) is 22.6. The number of aromatic nitrogens is 4. The van der Waals surface area contributed by atoms with Crippen LogP contribution < -0.4 is 0 Å². The molecule has 1 saturated heterocycles. The van der Waals surface area contributed by atoms with Gasteiger partial charge in [0.15, 0.2) is 6.10 Å². The Labute approximate surface area is 384 Å². The monoisotopic (exact) mass is 913 g/mol. The number of aryl methyl sites for hydroxylation is 3.